The molecule has 0 heterocycles. The molecular weight excluding hydrogens is 258 g/mol. The van der Waals surface area contributed by atoms with E-state index in [1.807, 2.05) is 18.2 Å². The number of hydrogen-bond donors (Lipinski definition) is 1. The number of rotatable bonds is 7. The quantitative estimate of drug-likeness (QED) is 0.815. The summed E-state index contributed by atoms with van der Waals surface area (Å²) in [4.78, 5) is 0. The summed E-state index contributed by atoms with van der Waals surface area (Å²) in [6, 6.07) is 18.6. The Morgan fingerprint density at radius 1 is 0.857 bits per heavy atom. The zero-order valence-corrected chi connectivity index (χ0v) is 13.2. The van der Waals surface area contributed by atoms with Crippen LogP contribution in [0, 0.1) is 5.92 Å². The molecule has 112 valence electrons. The molecule has 0 bridgehead atoms. The van der Waals surface area contributed by atoms with Crippen molar-refractivity contribution >= 4 is 0 Å². The van der Waals surface area contributed by atoms with Crippen LogP contribution in [0.4, 0.5) is 0 Å². The Morgan fingerprint density at radius 3 is 2.24 bits per heavy atom. The highest BCUT2D eigenvalue weighted by molar-refractivity contribution is 5.70. The molecular formula is C19H25NO. The van der Waals surface area contributed by atoms with Crippen LogP contribution in [0.5, 0.6) is 5.75 Å². The van der Waals surface area contributed by atoms with Crippen LogP contribution < -0.4 is 10.1 Å². The predicted molar refractivity (Wildman–Crippen MR) is 89.7 cm³/mol. The SMILES string of the molecule is CC(C)CNCC(C)Oc1ccccc1-c1ccccc1. The minimum Gasteiger partial charge on any atom is -0.489 e. The fraction of sp³-hybridized carbons (Fsp3) is 0.368. The Labute approximate surface area is 128 Å². The Hall–Kier alpha value is -1.80. The lowest BCUT2D eigenvalue weighted by Crippen LogP contribution is -2.31. The van der Waals surface area contributed by atoms with E-state index in [-0.39, 0.29) is 6.10 Å². The van der Waals surface area contributed by atoms with Gasteiger partial charge in [-0.25, -0.2) is 0 Å². The molecule has 0 radical (unpaired) electrons. The van der Waals surface area contributed by atoms with Crippen LogP contribution in [0.1, 0.15) is 20.8 Å². The highest BCUT2D eigenvalue weighted by Crippen LogP contribution is 2.30. The Kier molecular flexibility index (Phi) is 5.82. The van der Waals surface area contributed by atoms with Crippen LogP contribution in [0.2, 0.25) is 0 Å². The summed E-state index contributed by atoms with van der Waals surface area (Å²) in [5, 5.41) is 3.44. The Balaban J connectivity index is 2.03. The maximum Gasteiger partial charge on any atom is 0.127 e. The van der Waals surface area contributed by atoms with Crippen molar-refractivity contribution in [2.24, 2.45) is 5.92 Å². The number of hydrogen-bond acceptors (Lipinski definition) is 2. The summed E-state index contributed by atoms with van der Waals surface area (Å²) in [7, 11) is 0. The van der Waals surface area contributed by atoms with Gasteiger partial charge in [-0.1, -0.05) is 62.4 Å². The van der Waals surface area contributed by atoms with E-state index in [0.29, 0.717) is 5.92 Å². The molecule has 2 aromatic carbocycles. The van der Waals surface area contributed by atoms with E-state index in [1.165, 1.54) is 5.56 Å². The van der Waals surface area contributed by atoms with Crippen molar-refractivity contribution in [1.82, 2.24) is 5.32 Å². The third kappa shape index (κ3) is 4.91. The van der Waals surface area contributed by atoms with Crippen LogP contribution in [-0.4, -0.2) is 19.2 Å². The van der Waals surface area contributed by atoms with Gasteiger partial charge < -0.3 is 10.1 Å². The minimum absolute atomic E-state index is 0.147. The summed E-state index contributed by atoms with van der Waals surface area (Å²) < 4.78 is 6.12. The predicted octanol–water partition coefficient (Wildman–Crippen LogP) is 4.37. The first-order chi connectivity index (χ1) is 10.2. The fourth-order valence-corrected chi connectivity index (χ4v) is 2.26. The molecule has 2 rings (SSSR count). The summed E-state index contributed by atoms with van der Waals surface area (Å²) in [5.41, 5.74) is 2.34. The van der Waals surface area contributed by atoms with Gasteiger partial charge in [0.1, 0.15) is 11.9 Å². The average Bonchev–Trinajstić information content (AvgIpc) is 2.48. The lowest BCUT2D eigenvalue weighted by atomic mass is 10.0. The number of nitrogens with one attached hydrogen (secondary N) is 1. The van der Waals surface area contributed by atoms with Gasteiger partial charge in [-0.15, -0.1) is 0 Å². The molecule has 0 saturated heterocycles. The first kappa shape index (κ1) is 15.6. The second-order valence-corrected chi connectivity index (χ2v) is 5.84. The Bertz CT molecular complexity index is 536. The summed E-state index contributed by atoms with van der Waals surface area (Å²) in [6.07, 6.45) is 0.147. The van der Waals surface area contributed by atoms with Crippen LogP contribution >= 0.6 is 0 Å². The standard InChI is InChI=1S/C19H25NO/c1-15(2)13-20-14-16(3)21-19-12-8-7-11-18(19)17-9-5-4-6-10-17/h4-12,15-16,20H,13-14H2,1-3H3. The van der Waals surface area contributed by atoms with Crippen molar-refractivity contribution in [1.29, 1.82) is 0 Å². The smallest absolute Gasteiger partial charge is 0.127 e. The molecule has 21 heavy (non-hydrogen) atoms. The monoisotopic (exact) mass is 283 g/mol. The van der Waals surface area contributed by atoms with Crippen LogP contribution in [0.15, 0.2) is 54.6 Å². The zero-order valence-electron chi connectivity index (χ0n) is 13.2. The van der Waals surface area contributed by atoms with E-state index in [4.69, 9.17) is 4.74 Å². The van der Waals surface area contributed by atoms with Crippen molar-refractivity contribution in [3.05, 3.63) is 54.6 Å². The first-order valence-corrected chi connectivity index (χ1v) is 7.68. The normalized spacial score (nSPS) is 12.4. The molecule has 0 saturated carbocycles. The van der Waals surface area contributed by atoms with Gasteiger partial charge in [0, 0.05) is 12.1 Å². The van der Waals surface area contributed by atoms with E-state index >= 15 is 0 Å². The van der Waals surface area contributed by atoms with E-state index in [9.17, 15) is 0 Å². The second-order valence-electron chi connectivity index (χ2n) is 5.84. The largest absolute Gasteiger partial charge is 0.489 e. The highest BCUT2D eigenvalue weighted by Gasteiger charge is 2.09. The molecule has 0 aliphatic carbocycles. The molecule has 1 unspecified atom stereocenters. The van der Waals surface area contributed by atoms with E-state index < -0.39 is 0 Å². The van der Waals surface area contributed by atoms with Crippen LogP contribution in [0.25, 0.3) is 11.1 Å². The molecule has 0 aromatic heterocycles. The summed E-state index contributed by atoms with van der Waals surface area (Å²) in [5.74, 6) is 1.61. The van der Waals surface area contributed by atoms with Crippen LogP contribution in [0.3, 0.4) is 0 Å². The summed E-state index contributed by atoms with van der Waals surface area (Å²) in [6.45, 7) is 8.41. The van der Waals surface area contributed by atoms with Gasteiger partial charge in [0.25, 0.3) is 0 Å². The van der Waals surface area contributed by atoms with Crippen LogP contribution in [-0.2, 0) is 0 Å². The van der Waals surface area contributed by atoms with Gasteiger partial charge in [-0.05, 0) is 31.0 Å². The molecule has 0 aliphatic rings. The minimum atomic E-state index is 0.147. The lowest BCUT2D eigenvalue weighted by Gasteiger charge is -2.18. The topological polar surface area (TPSA) is 21.3 Å². The molecule has 0 spiro atoms. The first-order valence-electron chi connectivity index (χ1n) is 7.68. The molecule has 0 aliphatic heterocycles. The van der Waals surface area contributed by atoms with E-state index in [2.05, 4.69) is 62.5 Å². The molecule has 0 fully saturated rings. The molecule has 2 aromatic rings. The second kappa shape index (κ2) is 7.84. The third-order valence-electron chi connectivity index (χ3n) is 3.28. The van der Waals surface area contributed by atoms with Crippen molar-refractivity contribution in [2.45, 2.75) is 26.9 Å². The maximum absolute atomic E-state index is 6.12. The number of ether oxygens (including phenoxy) is 1. The lowest BCUT2D eigenvalue weighted by molar-refractivity contribution is 0.216. The molecule has 2 heteroatoms. The van der Waals surface area contributed by atoms with E-state index in [1.54, 1.807) is 0 Å². The van der Waals surface area contributed by atoms with Gasteiger partial charge in [0.05, 0.1) is 0 Å². The molecule has 1 N–H and O–H groups in total. The van der Waals surface area contributed by atoms with Gasteiger partial charge in [-0.3, -0.25) is 0 Å². The van der Waals surface area contributed by atoms with Gasteiger partial charge >= 0.3 is 0 Å². The average molecular weight is 283 g/mol. The molecule has 1 atom stereocenters. The van der Waals surface area contributed by atoms with Gasteiger partial charge in [0.2, 0.25) is 0 Å². The van der Waals surface area contributed by atoms with E-state index in [0.717, 1.165) is 24.4 Å². The van der Waals surface area contributed by atoms with Crippen molar-refractivity contribution < 1.29 is 4.74 Å². The third-order valence-corrected chi connectivity index (χ3v) is 3.28. The maximum atomic E-state index is 6.12. The van der Waals surface area contributed by atoms with Gasteiger partial charge in [-0.2, -0.15) is 0 Å². The fourth-order valence-electron chi connectivity index (χ4n) is 2.26. The van der Waals surface area contributed by atoms with Gasteiger partial charge in [0.15, 0.2) is 0 Å². The number of benzene rings is 2. The molecule has 2 nitrogen and oxygen atoms in total. The van der Waals surface area contributed by atoms with Crippen molar-refractivity contribution in [3.63, 3.8) is 0 Å². The number of para-hydroxylation sites is 1. The summed E-state index contributed by atoms with van der Waals surface area (Å²) >= 11 is 0. The van der Waals surface area contributed by atoms with Crippen molar-refractivity contribution in [3.8, 4) is 16.9 Å². The Morgan fingerprint density at radius 2 is 1.52 bits per heavy atom. The molecule has 0 amide bonds. The van der Waals surface area contributed by atoms with Crippen molar-refractivity contribution in [2.75, 3.05) is 13.1 Å². The highest BCUT2D eigenvalue weighted by atomic mass is 16.5. The zero-order chi connectivity index (χ0) is 15.1.